The van der Waals surface area contributed by atoms with Gasteiger partial charge >= 0.3 is 0 Å². The van der Waals surface area contributed by atoms with Crippen LogP contribution in [0.4, 0.5) is 4.39 Å². The molecule has 0 fully saturated rings. The van der Waals surface area contributed by atoms with Crippen molar-refractivity contribution in [3.8, 4) is 0 Å². The second-order valence-corrected chi connectivity index (χ2v) is 4.77. The number of amides is 1. The molecule has 100 valence electrons. The van der Waals surface area contributed by atoms with E-state index in [0.717, 1.165) is 5.82 Å². The Labute approximate surface area is 114 Å². The zero-order valence-electron chi connectivity index (χ0n) is 10.1. The minimum Gasteiger partial charge on any atom is -0.355 e. The molecule has 0 saturated carbocycles. The van der Waals surface area contributed by atoms with Gasteiger partial charge in [-0.1, -0.05) is 12.1 Å². The van der Waals surface area contributed by atoms with E-state index in [1.165, 1.54) is 24.2 Å². The van der Waals surface area contributed by atoms with Crippen molar-refractivity contribution in [2.24, 2.45) is 0 Å². The van der Waals surface area contributed by atoms with E-state index in [-0.39, 0.29) is 17.5 Å². The van der Waals surface area contributed by atoms with E-state index in [4.69, 9.17) is 0 Å². The Bertz CT molecular complexity index is 532. The second kappa shape index (κ2) is 6.89. The second-order valence-electron chi connectivity index (χ2n) is 3.75. The van der Waals surface area contributed by atoms with Crippen LogP contribution >= 0.6 is 11.8 Å². The van der Waals surface area contributed by atoms with Crippen LogP contribution in [0.15, 0.2) is 35.5 Å². The summed E-state index contributed by atoms with van der Waals surface area (Å²) in [5, 5.41) is 9.16. The highest BCUT2D eigenvalue weighted by Gasteiger charge is 2.06. The van der Waals surface area contributed by atoms with E-state index >= 15 is 0 Å². The Morgan fingerprint density at radius 1 is 1.42 bits per heavy atom. The van der Waals surface area contributed by atoms with Crippen LogP contribution in [0.25, 0.3) is 0 Å². The number of nitrogens with zero attached hydrogens (tertiary/aromatic N) is 2. The standard InChI is InChI=1S/C12H13FN4OS/c13-9-3-1-2-4-10(9)19-7-12(18)14-6-5-11-15-8-16-17-11/h1-4,8H,5-7H2,(H,14,18)(H,15,16,17). The Morgan fingerprint density at radius 2 is 2.26 bits per heavy atom. The number of carbonyl (C=O) groups is 1. The van der Waals surface area contributed by atoms with Crippen molar-refractivity contribution in [3.05, 3.63) is 42.2 Å². The molecule has 0 aliphatic rings. The number of benzene rings is 1. The summed E-state index contributed by atoms with van der Waals surface area (Å²) < 4.78 is 13.3. The minimum atomic E-state index is -0.304. The van der Waals surface area contributed by atoms with Gasteiger partial charge in [0.1, 0.15) is 18.0 Å². The van der Waals surface area contributed by atoms with Crippen molar-refractivity contribution in [1.82, 2.24) is 20.5 Å². The van der Waals surface area contributed by atoms with Crippen molar-refractivity contribution in [1.29, 1.82) is 0 Å². The molecule has 7 heteroatoms. The van der Waals surface area contributed by atoms with Crippen LogP contribution in [0, 0.1) is 5.82 Å². The summed E-state index contributed by atoms with van der Waals surface area (Å²) in [5.41, 5.74) is 0. The molecule has 0 saturated heterocycles. The van der Waals surface area contributed by atoms with Crippen LogP contribution < -0.4 is 5.32 Å². The number of rotatable bonds is 6. The fourth-order valence-electron chi connectivity index (χ4n) is 1.43. The lowest BCUT2D eigenvalue weighted by atomic mass is 10.3. The van der Waals surface area contributed by atoms with E-state index in [2.05, 4.69) is 20.5 Å². The number of halogens is 1. The number of aromatic nitrogens is 3. The molecule has 2 rings (SSSR count). The molecule has 2 aromatic rings. The van der Waals surface area contributed by atoms with E-state index in [9.17, 15) is 9.18 Å². The van der Waals surface area contributed by atoms with Gasteiger partial charge in [0, 0.05) is 17.9 Å². The van der Waals surface area contributed by atoms with Gasteiger partial charge in [-0.3, -0.25) is 9.89 Å². The maximum atomic E-state index is 13.3. The summed E-state index contributed by atoms with van der Waals surface area (Å²) >= 11 is 1.18. The van der Waals surface area contributed by atoms with E-state index in [1.807, 2.05) is 0 Å². The molecule has 1 aromatic carbocycles. The smallest absolute Gasteiger partial charge is 0.230 e. The molecule has 0 aliphatic carbocycles. The van der Waals surface area contributed by atoms with Crippen molar-refractivity contribution >= 4 is 17.7 Å². The molecule has 0 spiro atoms. The molecule has 1 heterocycles. The maximum absolute atomic E-state index is 13.3. The summed E-state index contributed by atoms with van der Waals surface area (Å²) in [6.07, 6.45) is 2.02. The number of nitrogens with one attached hydrogen (secondary N) is 2. The quantitative estimate of drug-likeness (QED) is 0.785. The number of hydrogen-bond donors (Lipinski definition) is 2. The number of aromatic amines is 1. The largest absolute Gasteiger partial charge is 0.355 e. The van der Waals surface area contributed by atoms with Gasteiger partial charge in [-0.05, 0) is 12.1 Å². The Morgan fingerprint density at radius 3 is 3.00 bits per heavy atom. The van der Waals surface area contributed by atoms with Crippen molar-refractivity contribution in [2.45, 2.75) is 11.3 Å². The van der Waals surface area contributed by atoms with E-state index in [1.54, 1.807) is 18.2 Å². The topological polar surface area (TPSA) is 70.7 Å². The summed E-state index contributed by atoms with van der Waals surface area (Å²) in [7, 11) is 0. The van der Waals surface area contributed by atoms with Gasteiger partial charge in [-0.2, -0.15) is 5.10 Å². The highest BCUT2D eigenvalue weighted by Crippen LogP contribution is 2.20. The molecule has 2 N–H and O–H groups in total. The first kappa shape index (κ1) is 13.5. The molecule has 19 heavy (non-hydrogen) atoms. The monoisotopic (exact) mass is 280 g/mol. The first-order chi connectivity index (χ1) is 9.25. The lowest BCUT2D eigenvalue weighted by Crippen LogP contribution is -2.27. The third-order valence-electron chi connectivity index (χ3n) is 2.34. The molecule has 0 atom stereocenters. The summed E-state index contributed by atoms with van der Waals surface area (Å²) in [6, 6.07) is 6.40. The first-order valence-electron chi connectivity index (χ1n) is 5.74. The van der Waals surface area contributed by atoms with Crippen LogP contribution in [0.3, 0.4) is 0 Å². The molecule has 0 aliphatic heterocycles. The lowest BCUT2D eigenvalue weighted by molar-refractivity contribution is -0.118. The predicted molar refractivity (Wildman–Crippen MR) is 70.2 cm³/mol. The van der Waals surface area contributed by atoms with Gasteiger partial charge in [0.25, 0.3) is 0 Å². The van der Waals surface area contributed by atoms with Gasteiger partial charge in [0.2, 0.25) is 5.91 Å². The third-order valence-corrected chi connectivity index (χ3v) is 3.39. The SMILES string of the molecule is O=C(CSc1ccccc1F)NCCc1ncn[nH]1. The number of hydrogen-bond acceptors (Lipinski definition) is 4. The average molecular weight is 280 g/mol. The van der Waals surface area contributed by atoms with Crippen LogP contribution in [0.2, 0.25) is 0 Å². The van der Waals surface area contributed by atoms with Crippen molar-refractivity contribution in [3.63, 3.8) is 0 Å². The highest BCUT2D eigenvalue weighted by molar-refractivity contribution is 8.00. The summed E-state index contributed by atoms with van der Waals surface area (Å²) in [4.78, 5) is 16.0. The third kappa shape index (κ3) is 4.36. The number of H-pyrrole nitrogens is 1. The van der Waals surface area contributed by atoms with Crippen molar-refractivity contribution in [2.75, 3.05) is 12.3 Å². The average Bonchev–Trinajstić information content (AvgIpc) is 2.91. The Balaban J connectivity index is 1.69. The van der Waals surface area contributed by atoms with Gasteiger partial charge in [-0.25, -0.2) is 9.37 Å². The Hall–Kier alpha value is -1.89. The van der Waals surface area contributed by atoms with Gasteiger partial charge in [0.15, 0.2) is 0 Å². The van der Waals surface area contributed by atoms with Gasteiger partial charge < -0.3 is 5.32 Å². The minimum absolute atomic E-state index is 0.132. The molecular weight excluding hydrogens is 267 g/mol. The van der Waals surface area contributed by atoms with E-state index < -0.39 is 0 Å². The molecule has 1 amide bonds. The van der Waals surface area contributed by atoms with Gasteiger partial charge in [0.05, 0.1) is 5.75 Å². The van der Waals surface area contributed by atoms with E-state index in [0.29, 0.717) is 17.9 Å². The highest BCUT2D eigenvalue weighted by atomic mass is 32.2. The normalized spacial score (nSPS) is 10.4. The van der Waals surface area contributed by atoms with Crippen molar-refractivity contribution < 1.29 is 9.18 Å². The lowest BCUT2D eigenvalue weighted by Gasteiger charge is -2.04. The maximum Gasteiger partial charge on any atom is 0.230 e. The molecule has 0 unspecified atom stereocenters. The zero-order chi connectivity index (χ0) is 13.5. The fraction of sp³-hybridized carbons (Fsp3) is 0.250. The number of thioether (sulfide) groups is 1. The van der Waals surface area contributed by atoms with Crippen LogP contribution in [-0.4, -0.2) is 33.4 Å². The summed E-state index contributed by atoms with van der Waals surface area (Å²) in [6.45, 7) is 0.478. The number of carbonyl (C=O) groups excluding carboxylic acids is 1. The first-order valence-corrected chi connectivity index (χ1v) is 6.72. The fourth-order valence-corrected chi connectivity index (χ4v) is 2.20. The predicted octanol–water partition coefficient (Wildman–Crippen LogP) is 1.39. The molecule has 0 bridgehead atoms. The van der Waals surface area contributed by atoms with Gasteiger partial charge in [-0.15, -0.1) is 11.8 Å². The Kier molecular flexibility index (Phi) is 4.91. The molecular formula is C12H13FN4OS. The molecule has 0 radical (unpaired) electrons. The van der Waals surface area contributed by atoms with Crippen LogP contribution in [0.5, 0.6) is 0 Å². The van der Waals surface area contributed by atoms with Crippen LogP contribution in [-0.2, 0) is 11.2 Å². The molecule has 1 aromatic heterocycles. The van der Waals surface area contributed by atoms with Crippen LogP contribution in [0.1, 0.15) is 5.82 Å². The summed E-state index contributed by atoms with van der Waals surface area (Å²) in [5.74, 6) is 0.480. The molecule has 5 nitrogen and oxygen atoms in total. The zero-order valence-corrected chi connectivity index (χ0v) is 10.9.